The molecule has 0 radical (unpaired) electrons. The van der Waals surface area contributed by atoms with Crippen LogP contribution in [0.15, 0.2) is 54.7 Å². The minimum Gasteiger partial charge on any atom is -0.455 e. The van der Waals surface area contributed by atoms with E-state index in [0.29, 0.717) is 30.2 Å². The van der Waals surface area contributed by atoms with Gasteiger partial charge in [0.2, 0.25) is 5.82 Å². The summed E-state index contributed by atoms with van der Waals surface area (Å²) in [5, 5.41) is 4.69. The molecule has 4 aromatic rings. The standard InChI is InChI=1S/C36H44N8O3/c1-24-17-27(41-14-11-35(5,21-41)25-9-7-6-8-10-25)20-44-31(24)39-30(40-44)32(45)43-16-13-36(23-43)12-15-42(22-36)29-19-26(37)18-28(38-29)33(46)47-34(2,3)4/h6-10,17-20H,11-16,21-23H2,1-5H3,(H2,37,38)/t35-,36+/m0/s1. The van der Waals surface area contributed by atoms with Crippen molar-refractivity contribution in [1.29, 1.82) is 0 Å². The minimum absolute atomic E-state index is 0.0720. The summed E-state index contributed by atoms with van der Waals surface area (Å²) >= 11 is 0. The van der Waals surface area contributed by atoms with Gasteiger partial charge in [0.15, 0.2) is 11.3 Å². The van der Waals surface area contributed by atoms with E-state index in [2.05, 4.69) is 58.1 Å². The van der Waals surface area contributed by atoms with Gasteiger partial charge in [-0.2, -0.15) is 0 Å². The van der Waals surface area contributed by atoms with Gasteiger partial charge in [-0.1, -0.05) is 37.3 Å². The van der Waals surface area contributed by atoms with Crippen molar-refractivity contribution in [2.24, 2.45) is 5.41 Å². The highest BCUT2D eigenvalue weighted by atomic mass is 16.6. The van der Waals surface area contributed by atoms with E-state index < -0.39 is 11.6 Å². The number of aryl methyl sites for hydroxylation is 1. The Morgan fingerprint density at radius 2 is 1.66 bits per heavy atom. The fourth-order valence-corrected chi connectivity index (χ4v) is 7.50. The van der Waals surface area contributed by atoms with Gasteiger partial charge < -0.3 is 25.2 Å². The molecule has 2 atom stereocenters. The number of benzene rings is 1. The number of carbonyl (C=O) groups is 2. The molecule has 3 fully saturated rings. The first-order chi connectivity index (χ1) is 22.3. The number of pyridine rings is 2. The highest BCUT2D eigenvalue weighted by Crippen LogP contribution is 2.42. The van der Waals surface area contributed by atoms with Gasteiger partial charge in [0.1, 0.15) is 11.4 Å². The first-order valence-corrected chi connectivity index (χ1v) is 16.5. The number of aromatic nitrogens is 4. The normalized spacial score (nSPS) is 23.0. The van der Waals surface area contributed by atoms with Gasteiger partial charge in [-0.25, -0.2) is 19.3 Å². The Kier molecular flexibility index (Phi) is 7.40. The van der Waals surface area contributed by atoms with Crippen molar-refractivity contribution in [2.75, 3.05) is 54.8 Å². The predicted octanol–water partition coefficient (Wildman–Crippen LogP) is 4.88. The van der Waals surface area contributed by atoms with Crippen molar-refractivity contribution in [2.45, 2.75) is 64.9 Å². The van der Waals surface area contributed by atoms with Crippen LogP contribution in [0.25, 0.3) is 5.65 Å². The Balaban J connectivity index is 1.04. The summed E-state index contributed by atoms with van der Waals surface area (Å²) in [6.45, 7) is 14.5. The van der Waals surface area contributed by atoms with E-state index >= 15 is 0 Å². The van der Waals surface area contributed by atoms with Crippen molar-refractivity contribution >= 4 is 34.7 Å². The Morgan fingerprint density at radius 3 is 2.43 bits per heavy atom. The number of amides is 1. The van der Waals surface area contributed by atoms with Gasteiger partial charge in [0.05, 0.1) is 11.9 Å². The molecule has 0 unspecified atom stereocenters. The van der Waals surface area contributed by atoms with Crippen molar-refractivity contribution in [3.05, 3.63) is 77.4 Å². The zero-order valence-corrected chi connectivity index (χ0v) is 28.0. The van der Waals surface area contributed by atoms with Gasteiger partial charge >= 0.3 is 5.97 Å². The molecule has 0 aliphatic carbocycles. The van der Waals surface area contributed by atoms with Crippen LogP contribution < -0.4 is 15.5 Å². The number of likely N-dealkylation sites (tertiary alicyclic amines) is 1. The molecule has 47 heavy (non-hydrogen) atoms. The zero-order chi connectivity index (χ0) is 33.1. The van der Waals surface area contributed by atoms with Gasteiger partial charge in [0, 0.05) is 61.9 Å². The van der Waals surface area contributed by atoms with E-state index in [9.17, 15) is 9.59 Å². The maximum Gasteiger partial charge on any atom is 0.357 e. The topological polar surface area (TPSA) is 122 Å². The van der Waals surface area contributed by atoms with Gasteiger partial charge in [-0.15, -0.1) is 5.10 Å². The first-order valence-electron chi connectivity index (χ1n) is 16.5. The number of hydrogen-bond acceptors (Lipinski definition) is 9. The molecule has 11 nitrogen and oxygen atoms in total. The highest BCUT2D eigenvalue weighted by Gasteiger charge is 2.46. The zero-order valence-electron chi connectivity index (χ0n) is 28.0. The van der Waals surface area contributed by atoms with E-state index in [0.717, 1.165) is 56.7 Å². The van der Waals surface area contributed by atoms with Crippen LogP contribution in [0.1, 0.15) is 79.2 Å². The van der Waals surface area contributed by atoms with Crippen LogP contribution >= 0.6 is 0 Å². The lowest BCUT2D eigenvalue weighted by molar-refractivity contribution is 0.00628. The summed E-state index contributed by atoms with van der Waals surface area (Å²) in [5.41, 5.74) is 10.4. The third kappa shape index (κ3) is 5.99. The number of esters is 1. The maximum atomic E-state index is 13.8. The van der Waals surface area contributed by atoms with E-state index in [-0.39, 0.29) is 28.3 Å². The number of nitrogen functional groups attached to an aromatic ring is 1. The van der Waals surface area contributed by atoms with Crippen LogP contribution in [0.2, 0.25) is 0 Å². The largest absolute Gasteiger partial charge is 0.455 e. The number of anilines is 3. The van der Waals surface area contributed by atoms with Crippen molar-refractivity contribution in [3.8, 4) is 0 Å². The van der Waals surface area contributed by atoms with Gasteiger partial charge in [0.25, 0.3) is 5.91 Å². The number of fused-ring (bicyclic) bond motifs is 1. The minimum atomic E-state index is -0.629. The monoisotopic (exact) mass is 636 g/mol. The van der Waals surface area contributed by atoms with Crippen LogP contribution in [0.5, 0.6) is 0 Å². The molecule has 0 bridgehead atoms. The van der Waals surface area contributed by atoms with Crippen molar-refractivity contribution in [1.82, 2.24) is 24.5 Å². The molecule has 1 spiro atoms. The number of nitrogens with zero attached hydrogens (tertiary/aromatic N) is 7. The summed E-state index contributed by atoms with van der Waals surface area (Å²) in [6.07, 6.45) is 4.87. The number of carbonyl (C=O) groups excluding carboxylic acids is 2. The summed E-state index contributed by atoms with van der Waals surface area (Å²) in [6, 6.07) is 16.2. The summed E-state index contributed by atoms with van der Waals surface area (Å²) in [7, 11) is 0. The summed E-state index contributed by atoms with van der Waals surface area (Å²) in [5.74, 6) is 0.248. The fraction of sp³-hybridized carbons (Fsp3) is 0.472. The average Bonchev–Trinajstić information content (AvgIpc) is 3.83. The molecular formula is C36H44N8O3. The second-order valence-corrected chi connectivity index (χ2v) is 15.0. The molecule has 1 aromatic carbocycles. The molecule has 3 aliphatic rings. The number of ether oxygens (including phenoxy) is 1. The number of nitrogens with two attached hydrogens (primary N) is 1. The predicted molar refractivity (Wildman–Crippen MR) is 182 cm³/mol. The van der Waals surface area contributed by atoms with Gasteiger partial charge in [-0.05, 0) is 70.2 Å². The molecule has 7 rings (SSSR count). The molecule has 6 heterocycles. The van der Waals surface area contributed by atoms with E-state index in [4.69, 9.17) is 20.6 Å². The van der Waals surface area contributed by atoms with E-state index in [1.54, 1.807) is 16.6 Å². The highest BCUT2D eigenvalue weighted by molar-refractivity contribution is 5.91. The van der Waals surface area contributed by atoms with Crippen LogP contribution in [0.4, 0.5) is 17.2 Å². The molecule has 0 saturated carbocycles. The molecule has 3 saturated heterocycles. The van der Waals surface area contributed by atoms with Crippen LogP contribution in [-0.4, -0.2) is 81.2 Å². The molecule has 2 N–H and O–H groups in total. The number of rotatable bonds is 5. The SMILES string of the molecule is Cc1cc(N2CC[C@](C)(c3ccccc3)C2)cn2nc(C(=O)N3CC[C@@]4(CCN(c5cc(N)cc(C(=O)OC(C)(C)C)n5)C4)C3)nc12. The fourth-order valence-electron chi connectivity index (χ4n) is 7.50. The van der Waals surface area contributed by atoms with Crippen molar-refractivity contribution in [3.63, 3.8) is 0 Å². The first kappa shape index (κ1) is 31.0. The lowest BCUT2D eigenvalue weighted by Gasteiger charge is -2.26. The summed E-state index contributed by atoms with van der Waals surface area (Å²) in [4.78, 5) is 42.2. The van der Waals surface area contributed by atoms with Crippen LogP contribution in [0, 0.1) is 12.3 Å². The Labute approximate surface area is 275 Å². The maximum absolute atomic E-state index is 13.8. The second kappa shape index (κ2) is 11.2. The second-order valence-electron chi connectivity index (χ2n) is 15.0. The molecule has 11 heteroatoms. The number of hydrogen-bond donors (Lipinski definition) is 1. The molecular weight excluding hydrogens is 592 g/mol. The van der Waals surface area contributed by atoms with Crippen LogP contribution in [-0.2, 0) is 10.2 Å². The van der Waals surface area contributed by atoms with E-state index in [1.807, 2.05) is 38.8 Å². The quantitative estimate of drug-likeness (QED) is 0.306. The van der Waals surface area contributed by atoms with Crippen LogP contribution in [0.3, 0.4) is 0 Å². The molecule has 1 amide bonds. The lowest BCUT2D eigenvalue weighted by atomic mass is 9.82. The molecule has 3 aromatic heterocycles. The smallest absolute Gasteiger partial charge is 0.357 e. The van der Waals surface area contributed by atoms with Crippen molar-refractivity contribution < 1.29 is 14.3 Å². The van der Waals surface area contributed by atoms with E-state index in [1.165, 1.54) is 5.56 Å². The Morgan fingerprint density at radius 1 is 0.915 bits per heavy atom. The summed E-state index contributed by atoms with van der Waals surface area (Å²) < 4.78 is 7.29. The third-order valence-corrected chi connectivity index (χ3v) is 10.0. The molecule has 3 aliphatic heterocycles. The Bertz CT molecular complexity index is 1850. The Hall–Kier alpha value is -4.67. The lowest BCUT2D eigenvalue weighted by Crippen LogP contribution is -2.34. The molecule has 246 valence electrons. The average molecular weight is 637 g/mol. The third-order valence-electron chi connectivity index (χ3n) is 10.0. The van der Waals surface area contributed by atoms with Gasteiger partial charge in [-0.3, -0.25) is 4.79 Å².